The van der Waals surface area contributed by atoms with Gasteiger partial charge in [0.25, 0.3) is 0 Å². The highest BCUT2D eigenvalue weighted by Crippen LogP contribution is 2.67. The van der Waals surface area contributed by atoms with Crippen molar-refractivity contribution in [3.8, 4) is 0 Å². The Bertz CT molecular complexity index is 1150. The van der Waals surface area contributed by atoms with Gasteiger partial charge in [-0.1, -0.05) is 44.9 Å². The number of nitrogens with zero attached hydrogens (tertiary/aromatic N) is 1. The van der Waals surface area contributed by atoms with Gasteiger partial charge in [0.1, 0.15) is 0 Å². The molecule has 5 heteroatoms. The van der Waals surface area contributed by atoms with E-state index in [0.717, 1.165) is 60.5 Å². The quantitative estimate of drug-likeness (QED) is 0.169. The molecule has 0 saturated heterocycles. The summed E-state index contributed by atoms with van der Waals surface area (Å²) in [5.41, 5.74) is 3.20. The first-order valence-electron chi connectivity index (χ1n) is 17.0. The van der Waals surface area contributed by atoms with Gasteiger partial charge in [-0.3, -0.25) is 9.69 Å². The predicted molar refractivity (Wildman–Crippen MR) is 163 cm³/mol. The number of fused-ring (bicyclic) bond motifs is 6. The summed E-state index contributed by atoms with van der Waals surface area (Å²) in [4.78, 5) is 27.2. The molecule has 2 unspecified atom stereocenters. The van der Waals surface area contributed by atoms with Crippen molar-refractivity contribution in [2.45, 2.75) is 116 Å². The van der Waals surface area contributed by atoms with Crippen molar-refractivity contribution in [2.75, 3.05) is 13.3 Å². The van der Waals surface area contributed by atoms with Crippen molar-refractivity contribution >= 4 is 12.1 Å². The molecule has 0 aliphatic heterocycles. The number of rotatable bonds is 9. The fourth-order valence-electron chi connectivity index (χ4n) is 10.9. The highest BCUT2D eigenvalue weighted by molar-refractivity contribution is 5.70. The molecule has 0 bridgehead atoms. The molecule has 0 radical (unpaired) electrons. The zero-order valence-electron chi connectivity index (χ0n) is 26.0. The Hall–Kier alpha value is -2.48. The molecule has 1 aromatic carbocycles. The SMILES string of the molecule is C=CCN(C(=O)OCOC(=O)CCC[C@H]1CCC2[C@@H]3CC[C@@H]4CCCC[C@]4(C)C3CC[C@@]21C)[C@@H]1CCc2c#cccc21. The van der Waals surface area contributed by atoms with Crippen LogP contribution in [-0.4, -0.2) is 30.3 Å². The molecular formula is C37H51NO4. The van der Waals surface area contributed by atoms with Crippen molar-refractivity contribution in [3.05, 3.63) is 48.0 Å². The predicted octanol–water partition coefficient (Wildman–Crippen LogP) is 8.62. The third-order valence-corrected chi connectivity index (χ3v) is 13.0. The summed E-state index contributed by atoms with van der Waals surface area (Å²) in [6.45, 7) is 9.09. The minimum atomic E-state index is -0.481. The molecule has 5 aliphatic rings. The number of hydrogen-bond acceptors (Lipinski definition) is 4. The molecule has 1 aromatic rings. The second-order valence-electron chi connectivity index (χ2n) is 14.7. The number of esters is 1. The van der Waals surface area contributed by atoms with Gasteiger partial charge in [-0.05, 0) is 135 Å². The molecule has 0 aromatic heterocycles. The molecule has 228 valence electrons. The standard InChI is InChI=1S/C37H51NO4/c1-4-24-38(33-20-15-26-10-5-6-13-29(26)33)35(40)42-25-41-34(39)14-9-12-28-17-19-31-30-18-16-27-11-7-8-22-36(27,2)32(30)21-23-37(28,31)3/h4,6,13,27-28,30-33H,1,7-9,11-12,14-25H2,2-3H3/t27-,28-,30-,31?,32?,33+,36-,37+/m0/s1. The zero-order chi connectivity index (χ0) is 29.3. The number of carbonyl (C=O) groups excluding carboxylic acids is 2. The molecule has 4 fully saturated rings. The molecule has 0 N–H and O–H groups in total. The van der Waals surface area contributed by atoms with E-state index in [1.54, 1.807) is 11.0 Å². The monoisotopic (exact) mass is 573 g/mol. The van der Waals surface area contributed by atoms with Crippen LogP contribution in [0.1, 0.15) is 121 Å². The van der Waals surface area contributed by atoms with Gasteiger partial charge >= 0.3 is 12.1 Å². The molecular weight excluding hydrogens is 522 g/mol. The van der Waals surface area contributed by atoms with Crippen LogP contribution in [-0.2, 0) is 20.7 Å². The number of amides is 1. The zero-order valence-corrected chi connectivity index (χ0v) is 26.0. The topological polar surface area (TPSA) is 55.8 Å². The first kappa shape index (κ1) is 29.6. The molecule has 6 rings (SSSR count). The van der Waals surface area contributed by atoms with Crippen LogP contribution in [0.4, 0.5) is 4.79 Å². The third kappa shape index (κ3) is 5.37. The van der Waals surface area contributed by atoms with Crippen LogP contribution in [0.5, 0.6) is 0 Å². The van der Waals surface area contributed by atoms with Gasteiger partial charge in [0, 0.05) is 18.5 Å². The summed E-state index contributed by atoms with van der Waals surface area (Å²) in [6, 6.07) is 9.89. The van der Waals surface area contributed by atoms with Gasteiger partial charge < -0.3 is 9.47 Å². The molecule has 5 aliphatic carbocycles. The fraction of sp³-hybridized carbons (Fsp3) is 0.730. The number of ether oxygens (including phenoxy) is 2. The van der Waals surface area contributed by atoms with Crippen molar-refractivity contribution in [2.24, 2.45) is 40.4 Å². The van der Waals surface area contributed by atoms with Gasteiger partial charge in [0.05, 0.1) is 6.04 Å². The van der Waals surface area contributed by atoms with E-state index in [4.69, 9.17) is 9.47 Å². The second-order valence-corrected chi connectivity index (χ2v) is 14.7. The normalized spacial score (nSPS) is 36.4. The van der Waals surface area contributed by atoms with E-state index >= 15 is 0 Å². The van der Waals surface area contributed by atoms with Crippen LogP contribution in [0.3, 0.4) is 0 Å². The summed E-state index contributed by atoms with van der Waals surface area (Å²) in [7, 11) is 0. The van der Waals surface area contributed by atoms with Crippen LogP contribution in [0.2, 0.25) is 0 Å². The molecule has 42 heavy (non-hydrogen) atoms. The van der Waals surface area contributed by atoms with E-state index < -0.39 is 6.09 Å². The third-order valence-electron chi connectivity index (χ3n) is 13.0. The summed E-state index contributed by atoms with van der Waals surface area (Å²) in [5.74, 6) is 4.13. The minimum Gasteiger partial charge on any atom is -0.428 e. The highest BCUT2D eigenvalue weighted by atomic mass is 16.7. The Kier molecular flexibility index (Phi) is 8.63. The summed E-state index contributed by atoms with van der Waals surface area (Å²) >= 11 is 0. The Labute approximate surface area is 253 Å². The van der Waals surface area contributed by atoms with Crippen molar-refractivity contribution in [1.82, 2.24) is 4.90 Å². The van der Waals surface area contributed by atoms with Crippen LogP contribution < -0.4 is 0 Å². The van der Waals surface area contributed by atoms with Crippen LogP contribution >= 0.6 is 0 Å². The molecule has 8 atom stereocenters. The lowest BCUT2D eigenvalue weighted by Gasteiger charge is -2.60. The lowest BCUT2D eigenvalue weighted by Crippen LogP contribution is -2.52. The Morgan fingerprint density at radius 1 is 1.02 bits per heavy atom. The van der Waals surface area contributed by atoms with Crippen LogP contribution in [0.25, 0.3) is 0 Å². The molecule has 0 spiro atoms. The average molecular weight is 574 g/mol. The van der Waals surface area contributed by atoms with E-state index in [1.807, 2.05) is 12.1 Å². The lowest BCUT2D eigenvalue weighted by atomic mass is 9.45. The Morgan fingerprint density at radius 3 is 2.74 bits per heavy atom. The average Bonchev–Trinajstić information content (AvgIpc) is 3.56. The Balaban J connectivity index is 0.951. The first-order valence-corrected chi connectivity index (χ1v) is 17.0. The van der Waals surface area contributed by atoms with E-state index in [9.17, 15) is 9.59 Å². The minimum absolute atomic E-state index is 0.0840. The number of carbonyl (C=O) groups is 2. The Morgan fingerprint density at radius 2 is 1.88 bits per heavy atom. The van der Waals surface area contributed by atoms with Crippen molar-refractivity contribution < 1.29 is 19.1 Å². The van der Waals surface area contributed by atoms with E-state index in [2.05, 4.69) is 32.6 Å². The van der Waals surface area contributed by atoms with Crippen LogP contribution in [0.15, 0.2) is 24.8 Å². The van der Waals surface area contributed by atoms with Gasteiger partial charge in [0.2, 0.25) is 6.79 Å². The summed E-state index contributed by atoms with van der Waals surface area (Å²) < 4.78 is 10.8. The highest BCUT2D eigenvalue weighted by Gasteiger charge is 2.59. The maximum Gasteiger partial charge on any atom is 0.413 e. The molecule has 0 heterocycles. The van der Waals surface area contributed by atoms with Gasteiger partial charge in [0.15, 0.2) is 0 Å². The van der Waals surface area contributed by atoms with Crippen molar-refractivity contribution in [1.29, 1.82) is 0 Å². The number of hydrogen-bond donors (Lipinski definition) is 0. The lowest BCUT2D eigenvalue weighted by molar-refractivity contribution is -0.152. The van der Waals surface area contributed by atoms with Gasteiger partial charge in [-0.25, -0.2) is 4.79 Å². The first-order chi connectivity index (χ1) is 20.3. The maximum absolute atomic E-state index is 12.9. The summed E-state index contributed by atoms with van der Waals surface area (Å²) in [6.07, 6.45) is 19.5. The van der Waals surface area contributed by atoms with Crippen LogP contribution in [0, 0.1) is 52.6 Å². The van der Waals surface area contributed by atoms with Gasteiger partial charge in [-0.2, -0.15) is 0 Å². The smallest absolute Gasteiger partial charge is 0.413 e. The fourth-order valence-corrected chi connectivity index (χ4v) is 10.9. The van der Waals surface area contributed by atoms with E-state index in [1.165, 1.54) is 64.2 Å². The molecule has 5 nitrogen and oxygen atoms in total. The maximum atomic E-state index is 12.9. The largest absolute Gasteiger partial charge is 0.428 e. The van der Waals surface area contributed by atoms with Gasteiger partial charge in [-0.15, -0.1) is 6.58 Å². The van der Waals surface area contributed by atoms with Crippen molar-refractivity contribution in [3.63, 3.8) is 0 Å². The summed E-state index contributed by atoms with van der Waals surface area (Å²) in [5, 5.41) is 0. The van der Waals surface area contributed by atoms with E-state index in [0.29, 0.717) is 29.7 Å². The molecule has 4 saturated carbocycles. The van der Waals surface area contributed by atoms with E-state index in [-0.39, 0.29) is 18.8 Å². The molecule has 1 amide bonds. The second kappa shape index (κ2) is 12.3.